The van der Waals surface area contributed by atoms with Gasteiger partial charge in [-0.15, -0.1) is 0 Å². The molecule has 0 atom stereocenters. The maximum Gasteiger partial charge on any atom is 0.340 e. The third-order valence-electron chi connectivity index (χ3n) is 2.12. The van der Waals surface area contributed by atoms with Crippen LogP contribution >= 0.6 is 67.8 Å². The monoisotopic (exact) mass is 656 g/mol. The van der Waals surface area contributed by atoms with Gasteiger partial charge in [-0.05, 0) is 30.1 Å². The summed E-state index contributed by atoms with van der Waals surface area (Å²) in [6.45, 7) is 6.34. The zero-order valence-electron chi connectivity index (χ0n) is 13.5. The van der Waals surface area contributed by atoms with E-state index in [4.69, 9.17) is 5.11 Å². The molecule has 0 aliphatic carbocycles. The number of aromatic hydroxyl groups is 1. The predicted molar refractivity (Wildman–Crippen MR) is 126 cm³/mol. The van der Waals surface area contributed by atoms with Gasteiger partial charge in [0.15, 0.2) is 0 Å². The van der Waals surface area contributed by atoms with Crippen molar-refractivity contribution in [1.29, 1.82) is 0 Å². The number of halogens is 3. The number of benzene rings is 2. The molecule has 0 saturated heterocycles. The van der Waals surface area contributed by atoms with Gasteiger partial charge in [0, 0.05) is 0 Å². The molecule has 2 N–H and O–H groups in total. The van der Waals surface area contributed by atoms with Gasteiger partial charge in [-0.25, -0.2) is 4.79 Å². The minimum absolute atomic E-state index is 0.0388. The van der Waals surface area contributed by atoms with E-state index in [0.717, 1.165) is 5.39 Å². The van der Waals surface area contributed by atoms with Crippen molar-refractivity contribution in [2.75, 3.05) is 13.3 Å². The van der Waals surface area contributed by atoms with E-state index in [9.17, 15) is 9.90 Å². The average Bonchev–Trinajstić information content (AvgIpc) is 2.49. The van der Waals surface area contributed by atoms with Crippen molar-refractivity contribution in [3.8, 4) is 5.75 Å². The Labute approximate surface area is 179 Å². The van der Waals surface area contributed by atoms with Crippen LogP contribution in [-0.2, 0) is 0 Å². The van der Waals surface area contributed by atoms with Gasteiger partial charge >= 0.3 is 5.97 Å². The molecule has 0 spiro atoms. The van der Waals surface area contributed by atoms with Crippen molar-refractivity contribution in [2.24, 2.45) is 0 Å². The summed E-state index contributed by atoms with van der Waals surface area (Å²) < 4.78 is 3.66. The zero-order valence-corrected chi connectivity index (χ0v) is 20.0. The molecule has 0 saturated carbocycles. The fraction of sp³-hybridized carbons (Fsp3) is 0.353. The van der Waals surface area contributed by atoms with Gasteiger partial charge in [0.1, 0.15) is 11.3 Å². The van der Waals surface area contributed by atoms with E-state index >= 15 is 0 Å². The van der Waals surface area contributed by atoms with Crippen LogP contribution in [0, 0.1) is 0 Å². The number of hydrogen-bond donors (Lipinski definition) is 2. The smallest absolute Gasteiger partial charge is 0.340 e. The zero-order chi connectivity index (χ0) is 18.3. The summed E-state index contributed by atoms with van der Waals surface area (Å²) in [6, 6.07) is 10.1. The fourth-order valence-electron chi connectivity index (χ4n) is 1.48. The number of phenols is 1. The second kappa shape index (κ2) is 17.0. The number of carboxylic acid groups (broad SMARTS) is 1. The molecule has 0 bridgehead atoms. The molecule has 130 valence electrons. The number of hydrogen-bond acceptors (Lipinski definition) is 2. The minimum atomic E-state index is -1.11. The maximum atomic E-state index is 10.9. The second-order valence-corrected chi connectivity index (χ2v) is 8.36. The van der Waals surface area contributed by atoms with Gasteiger partial charge in [-0.1, -0.05) is 119 Å². The first-order valence-corrected chi connectivity index (χ1v) is 11.6. The van der Waals surface area contributed by atoms with E-state index in [1.807, 2.05) is 6.07 Å². The number of aromatic carboxylic acids is 1. The lowest BCUT2D eigenvalue weighted by atomic mass is 10.0. The van der Waals surface area contributed by atoms with Crippen LogP contribution in [0.15, 0.2) is 36.4 Å². The van der Waals surface area contributed by atoms with E-state index in [0.29, 0.717) is 5.39 Å². The quantitative estimate of drug-likeness (QED) is 0.270. The number of rotatable bonds is 1. The summed E-state index contributed by atoms with van der Waals surface area (Å²) in [6.07, 6.45) is 0. The standard InChI is InChI=1S/C11H8O3.3C2H5I/c12-9-6-5-7-3-1-2-4-8(7)10(9)11(13)14;3*1-2-3/h1-6,12H,(H,13,14);3*2H2,1H3. The first kappa shape index (κ1) is 25.4. The van der Waals surface area contributed by atoms with Gasteiger partial charge in [0.25, 0.3) is 0 Å². The van der Waals surface area contributed by atoms with Gasteiger partial charge in [0.2, 0.25) is 0 Å². The highest BCUT2D eigenvalue weighted by Crippen LogP contribution is 2.26. The van der Waals surface area contributed by atoms with Crippen LogP contribution in [0.5, 0.6) is 5.75 Å². The van der Waals surface area contributed by atoms with Crippen molar-refractivity contribution in [3.05, 3.63) is 42.0 Å². The Bertz CT molecular complexity index is 555. The highest BCUT2D eigenvalue weighted by Gasteiger charge is 2.12. The van der Waals surface area contributed by atoms with Crippen LogP contribution in [0.1, 0.15) is 31.1 Å². The lowest BCUT2D eigenvalue weighted by Gasteiger charge is -2.03. The molecule has 6 heteroatoms. The molecule has 0 heterocycles. The van der Waals surface area contributed by atoms with Crippen LogP contribution in [0.25, 0.3) is 10.8 Å². The van der Waals surface area contributed by atoms with Crippen molar-refractivity contribution < 1.29 is 15.0 Å². The summed E-state index contributed by atoms with van der Waals surface area (Å²) >= 11 is 6.86. The van der Waals surface area contributed by atoms with E-state index in [-0.39, 0.29) is 11.3 Å². The largest absolute Gasteiger partial charge is 0.507 e. The van der Waals surface area contributed by atoms with Crippen LogP contribution in [0.4, 0.5) is 0 Å². The summed E-state index contributed by atoms with van der Waals surface area (Å²) in [5, 5.41) is 19.7. The lowest BCUT2D eigenvalue weighted by molar-refractivity contribution is 0.0696. The third kappa shape index (κ3) is 11.4. The Morgan fingerprint density at radius 3 is 1.78 bits per heavy atom. The second-order valence-electron chi connectivity index (χ2n) is 3.79. The number of alkyl halides is 3. The number of fused-ring (bicyclic) bond motifs is 1. The number of carboxylic acids is 1. The number of carbonyl (C=O) groups is 1. The maximum absolute atomic E-state index is 10.9. The van der Waals surface area contributed by atoms with Gasteiger partial charge < -0.3 is 10.2 Å². The van der Waals surface area contributed by atoms with E-state index < -0.39 is 5.97 Å². The van der Waals surface area contributed by atoms with Crippen molar-refractivity contribution in [3.63, 3.8) is 0 Å². The molecule has 0 aliphatic rings. The Kier molecular flexibility index (Phi) is 18.8. The normalized spacial score (nSPS) is 8.61. The van der Waals surface area contributed by atoms with Gasteiger partial charge in [-0.3, -0.25) is 0 Å². The Balaban J connectivity index is 0. The molecule has 0 amide bonds. The molecule has 0 radical (unpaired) electrons. The summed E-state index contributed by atoms with van der Waals surface area (Å²) in [5.74, 6) is -1.31. The molecule has 2 aromatic carbocycles. The van der Waals surface area contributed by atoms with Crippen LogP contribution < -0.4 is 0 Å². The molecule has 2 aromatic rings. The van der Waals surface area contributed by atoms with Crippen molar-refractivity contribution >= 4 is 84.5 Å². The first-order chi connectivity index (χ1) is 10.9. The van der Waals surface area contributed by atoms with Crippen molar-refractivity contribution in [2.45, 2.75) is 20.8 Å². The highest BCUT2D eigenvalue weighted by atomic mass is 127. The highest BCUT2D eigenvalue weighted by molar-refractivity contribution is 14.1. The molecule has 0 unspecified atom stereocenters. The molecule has 2 rings (SSSR count). The topological polar surface area (TPSA) is 57.5 Å². The summed E-state index contributed by atoms with van der Waals surface area (Å²) in [5.41, 5.74) is -0.0388. The Morgan fingerprint density at radius 2 is 1.35 bits per heavy atom. The lowest BCUT2D eigenvalue weighted by Crippen LogP contribution is -1.97. The van der Waals surface area contributed by atoms with E-state index in [2.05, 4.69) is 88.5 Å². The molecule has 0 aromatic heterocycles. The predicted octanol–water partition coefficient (Wildman–Crippen LogP) is 6.57. The molecule has 23 heavy (non-hydrogen) atoms. The fourth-order valence-corrected chi connectivity index (χ4v) is 1.48. The Morgan fingerprint density at radius 1 is 0.913 bits per heavy atom. The average molecular weight is 656 g/mol. The van der Waals surface area contributed by atoms with Crippen LogP contribution in [0.2, 0.25) is 0 Å². The van der Waals surface area contributed by atoms with Gasteiger partial charge in [-0.2, -0.15) is 0 Å². The minimum Gasteiger partial charge on any atom is -0.507 e. The molecule has 0 aliphatic heterocycles. The molecular formula is C17H23I3O3. The van der Waals surface area contributed by atoms with Crippen LogP contribution in [0.3, 0.4) is 0 Å². The van der Waals surface area contributed by atoms with E-state index in [1.54, 1.807) is 24.3 Å². The third-order valence-corrected chi connectivity index (χ3v) is 2.12. The molecule has 0 fully saturated rings. The van der Waals surface area contributed by atoms with E-state index in [1.165, 1.54) is 19.3 Å². The van der Waals surface area contributed by atoms with Crippen LogP contribution in [-0.4, -0.2) is 29.5 Å². The summed E-state index contributed by atoms with van der Waals surface area (Å²) in [4.78, 5) is 10.9. The summed E-state index contributed by atoms with van der Waals surface area (Å²) in [7, 11) is 0. The molecular weight excluding hydrogens is 633 g/mol. The Hall–Kier alpha value is 0.160. The SMILES string of the molecule is CCI.CCI.CCI.O=C(O)c1c(O)ccc2ccccc12. The molecule has 3 nitrogen and oxygen atoms in total. The van der Waals surface area contributed by atoms with Gasteiger partial charge in [0.05, 0.1) is 0 Å². The van der Waals surface area contributed by atoms with Crippen molar-refractivity contribution in [1.82, 2.24) is 0 Å². The first-order valence-electron chi connectivity index (χ1n) is 7.06.